The highest BCUT2D eigenvalue weighted by atomic mass is 16.5. The smallest absolute Gasteiger partial charge is 0.184 e. The van der Waals surface area contributed by atoms with E-state index >= 15 is 0 Å². The highest BCUT2D eigenvalue weighted by Gasteiger charge is 2.52. The van der Waals surface area contributed by atoms with Crippen LogP contribution in [-0.4, -0.2) is 37.9 Å². The zero-order valence-electron chi connectivity index (χ0n) is 13.9. The zero-order valence-corrected chi connectivity index (χ0v) is 13.9. The van der Waals surface area contributed by atoms with E-state index in [0.717, 1.165) is 31.1 Å². The van der Waals surface area contributed by atoms with E-state index in [2.05, 4.69) is 23.3 Å². The number of aromatic hydroxyl groups is 1. The summed E-state index contributed by atoms with van der Waals surface area (Å²) in [6.45, 7) is 2.67. The molecule has 1 aromatic rings. The first-order chi connectivity index (χ1) is 11.2. The van der Waals surface area contributed by atoms with Crippen LogP contribution in [0.25, 0.3) is 0 Å². The van der Waals surface area contributed by atoms with Crippen LogP contribution in [-0.2, 0) is 11.8 Å². The Kier molecular flexibility index (Phi) is 2.91. The van der Waals surface area contributed by atoms with Crippen LogP contribution in [0, 0.1) is 5.92 Å². The Morgan fingerprint density at radius 2 is 2.26 bits per heavy atom. The number of likely N-dealkylation sites (N-methyl/N-ethyl adjacent to an activating group) is 1. The molecule has 0 aromatic heterocycles. The fraction of sp³-hybridized carbons (Fsp3) is 0.684. The molecule has 0 unspecified atom stereocenters. The molecule has 3 atom stereocenters. The molecule has 1 saturated carbocycles. The minimum atomic E-state index is 0.284. The van der Waals surface area contributed by atoms with Crippen molar-refractivity contribution in [1.29, 1.82) is 0 Å². The van der Waals surface area contributed by atoms with Crippen molar-refractivity contribution >= 4 is 5.69 Å². The number of fused-ring (bicyclic) bond motifs is 3. The summed E-state index contributed by atoms with van der Waals surface area (Å²) in [5.41, 5.74) is 4.32. The molecule has 4 heteroatoms. The molecular weight excluding hydrogens is 288 g/mol. The van der Waals surface area contributed by atoms with Gasteiger partial charge in [-0.05, 0) is 55.3 Å². The van der Waals surface area contributed by atoms with Gasteiger partial charge in [0.1, 0.15) is 6.61 Å². The number of nitrogens with one attached hydrogen (secondary N) is 1. The van der Waals surface area contributed by atoms with Gasteiger partial charge in [0.15, 0.2) is 11.5 Å². The third kappa shape index (κ3) is 1.76. The topological polar surface area (TPSA) is 44.7 Å². The Labute approximate surface area is 137 Å². The first-order valence-electron chi connectivity index (χ1n) is 9.17. The normalized spacial score (nSPS) is 34.9. The Balaban J connectivity index is 1.76. The summed E-state index contributed by atoms with van der Waals surface area (Å²) < 4.78 is 5.83. The van der Waals surface area contributed by atoms with Gasteiger partial charge in [-0.3, -0.25) is 0 Å². The molecular formula is C19H26N2O2. The van der Waals surface area contributed by atoms with Crippen LogP contribution in [0.15, 0.2) is 6.07 Å². The number of rotatable bonds is 0. The maximum Gasteiger partial charge on any atom is 0.184 e. The van der Waals surface area contributed by atoms with Gasteiger partial charge in [-0.15, -0.1) is 0 Å². The van der Waals surface area contributed by atoms with Gasteiger partial charge in [0.05, 0.1) is 12.2 Å². The van der Waals surface area contributed by atoms with Crippen molar-refractivity contribution in [3.63, 3.8) is 0 Å². The van der Waals surface area contributed by atoms with Crippen LogP contribution in [0.1, 0.15) is 43.2 Å². The van der Waals surface area contributed by atoms with Crippen LogP contribution in [0.3, 0.4) is 0 Å². The second-order valence-electron chi connectivity index (χ2n) is 7.89. The van der Waals surface area contributed by atoms with Crippen molar-refractivity contribution < 1.29 is 9.84 Å². The summed E-state index contributed by atoms with van der Waals surface area (Å²) in [6.07, 6.45) is 7.60. The molecule has 124 valence electrons. The predicted octanol–water partition coefficient (Wildman–Crippen LogP) is 2.57. The maximum atomic E-state index is 10.6. The minimum Gasteiger partial charge on any atom is -0.504 e. The van der Waals surface area contributed by atoms with Gasteiger partial charge >= 0.3 is 0 Å². The molecule has 4 nitrogen and oxygen atoms in total. The van der Waals surface area contributed by atoms with E-state index in [-0.39, 0.29) is 5.41 Å². The fourth-order valence-electron chi connectivity index (χ4n) is 5.96. The molecule has 0 amide bonds. The van der Waals surface area contributed by atoms with Crippen molar-refractivity contribution in [3.8, 4) is 11.5 Å². The highest BCUT2D eigenvalue weighted by molar-refractivity contribution is 5.74. The number of benzene rings is 1. The molecule has 2 N–H and O–H groups in total. The molecule has 2 heterocycles. The summed E-state index contributed by atoms with van der Waals surface area (Å²) >= 11 is 0. The lowest BCUT2D eigenvalue weighted by atomic mass is 9.52. The molecule has 0 spiro atoms. The van der Waals surface area contributed by atoms with E-state index in [1.807, 2.05) is 0 Å². The quantitative estimate of drug-likeness (QED) is 0.772. The van der Waals surface area contributed by atoms with Crippen molar-refractivity contribution in [3.05, 3.63) is 17.2 Å². The molecule has 5 rings (SSSR count). The van der Waals surface area contributed by atoms with Crippen molar-refractivity contribution in [1.82, 2.24) is 5.32 Å². The number of nitrogens with zero attached hydrogens (tertiary/aromatic N) is 1. The maximum absolute atomic E-state index is 10.6. The minimum absolute atomic E-state index is 0.284. The standard InChI is InChI=1S/C19H26N2O2/c1-21-8-9-23-18-16(22)11-14-12(17(18)21)10-15-13-4-2-3-5-19(13,14)6-7-20-15/h11,13,15,20,22H,2-10H2,1H3/t13-,15+,19+/m1/s1. The summed E-state index contributed by atoms with van der Waals surface area (Å²) in [5, 5.41) is 14.4. The van der Waals surface area contributed by atoms with Gasteiger partial charge in [-0.25, -0.2) is 0 Å². The van der Waals surface area contributed by atoms with E-state index < -0.39 is 0 Å². The Bertz CT molecular complexity index is 655. The summed E-state index contributed by atoms with van der Waals surface area (Å²) in [5.74, 6) is 1.80. The molecule has 2 bridgehead atoms. The zero-order chi connectivity index (χ0) is 15.6. The monoisotopic (exact) mass is 314 g/mol. The second-order valence-corrected chi connectivity index (χ2v) is 7.89. The molecule has 1 saturated heterocycles. The highest BCUT2D eigenvalue weighted by Crippen LogP contribution is 2.58. The Morgan fingerprint density at radius 1 is 1.35 bits per heavy atom. The number of hydrogen-bond donors (Lipinski definition) is 2. The number of ether oxygens (including phenoxy) is 1. The molecule has 1 aromatic carbocycles. The van der Waals surface area contributed by atoms with Crippen molar-refractivity contribution in [2.24, 2.45) is 5.92 Å². The van der Waals surface area contributed by atoms with E-state index in [1.165, 1.54) is 43.2 Å². The van der Waals surface area contributed by atoms with Gasteiger partial charge in [-0.1, -0.05) is 12.8 Å². The lowest BCUT2D eigenvalue weighted by Crippen LogP contribution is -2.59. The van der Waals surface area contributed by atoms with Crippen LogP contribution in [0.2, 0.25) is 0 Å². The average molecular weight is 314 g/mol. The summed E-state index contributed by atoms with van der Waals surface area (Å²) in [4.78, 5) is 2.28. The first kappa shape index (κ1) is 14.0. The number of phenols is 1. The molecule has 23 heavy (non-hydrogen) atoms. The Morgan fingerprint density at radius 3 is 3.17 bits per heavy atom. The summed E-state index contributed by atoms with van der Waals surface area (Å²) in [7, 11) is 2.13. The average Bonchev–Trinajstić information content (AvgIpc) is 2.56. The second kappa shape index (κ2) is 4.79. The van der Waals surface area contributed by atoms with E-state index in [9.17, 15) is 5.11 Å². The molecule has 4 aliphatic rings. The van der Waals surface area contributed by atoms with Crippen LogP contribution in [0.4, 0.5) is 5.69 Å². The fourth-order valence-corrected chi connectivity index (χ4v) is 5.96. The van der Waals surface area contributed by atoms with Crippen LogP contribution < -0.4 is 15.0 Å². The van der Waals surface area contributed by atoms with Gasteiger partial charge < -0.3 is 20.1 Å². The summed E-state index contributed by atoms with van der Waals surface area (Å²) in [6, 6.07) is 2.66. The lowest BCUT2D eigenvalue weighted by Gasteiger charge is -2.56. The first-order valence-corrected chi connectivity index (χ1v) is 9.17. The van der Waals surface area contributed by atoms with Crippen molar-refractivity contribution in [2.75, 3.05) is 31.6 Å². The van der Waals surface area contributed by atoms with Gasteiger partial charge in [0, 0.05) is 18.5 Å². The molecule has 0 radical (unpaired) electrons. The molecule has 2 aliphatic carbocycles. The Hall–Kier alpha value is -1.42. The van der Waals surface area contributed by atoms with E-state index in [4.69, 9.17) is 4.74 Å². The number of hydrogen-bond acceptors (Lipinski definition) is 4. The molecule has 2 fully saturated rings. The van der Waals surface area contributed by atoms with Crippen LogP contribution in [0.5, 0.6) is 11.5 Å². The van der Waals surface area contributed by atoms with Crippen LogP contribution >= 0.6 is 0 Å². The van der Waals surface area contributed by atoms with Gasteiger partial charge in [0.2, 0.25) is 0 Å². The molecule has 2 aliphatic heterocycles. The SMILES string of the molecule is CN1CCOc2c(O)cc3c(c21)C[C@@H]1NCC[C@]32CCCC[C@H]12. The number of anilines is 1. The third-order valence-electron chi connectivity index (χ3n) is 6.92. The lowest BCUT2D eigenvalue weighted by molar-refractivity contribution is 0.0793. The van der Waals surface area contributed by atoms with Crippen molar-refractivity contribution in [2.45, 2.75) is 50.0 Å². The number of piperidine rings is 1. The third-order valence-corrected chi connectivity index (χ3v) is 6.92. The number of phenolic OH excluding ortho intramolecular Hbond substituents is 1. The largest absolute Gasteiger partial charge is 0.504 e. The van der Waals surface area contributed by atoms with E-state index in [0.29, 0.717) is 24.1 Å². The van der Waals surface area contributed by atoms with E-state index in [1.54, 1.807) is 0 Å². The predicted molar refractivity (Wildman–Crippen MR) is 90.6 cm³/mol. The van der Waals surface area contributed by atoms with Gasteiger partial charge in [0.25, 0.3) is 0 Å². The van der Waals surface area contributed by atoms with Gasteiger partial charge in [-0.2, -0.15) is 0 Å².